The molecule has 0 aliphatic carbocycles. The molecule has 1 aliphatic rings. The first-order valence-corrected chi connectivity index (χ1v) is 6.66. The fraction of sp³-hybridized carbons (Fsp3) is 0.429. The standard InChI is InChI=1S/C14H19OP/c1-9(2)5-13-11-7-15-8-12(11)14(16-13)6-10(3)4/h16H,1,3,5-8H2,2,4H3. The van der Waals surface area contributed by atoms with Gasteiger partial charge in [0.2, 0.25) is 0 Å². The molecule has 16 heavy (non-hydrogen) atoms. The van der Waals surface area contributed by atoms with Gasteiger partial charge in [-0.3, -0.25) is 0 Å². The Labute approximate surface area is 99.3 Å². The van der Waals surface area contributed by atoms with Gasteiger partial charge < -0.3 is 4.74 Å². The molecular formula is C14H19OP. The molecular weight excluding hydrogens is 215 g/mol. The molecule has 0 bridgehead atoms. The SMILES string of the molecule is C=C(C)Cc1[pH]c(CC(=C)C)c2c1COC2. The van der Waals surface area contributed by atoms with Gasteiger partial charge in [-0.2, -0.15) is 0 Å². The van der Waals surface area contributed by atoms with E-state index in [9.17, 15) is 0 Å². The first kappa shape index (κ1) is 11.7. The van der Waals surface area contributed by atoms with Crippen LogP contribution in [-0.2, 0) is 30.8 Å². The quantitative estimate of drug-likeness (QED) is 0.716. The molecule has 0 unspecified atom stereocenters. The molecule has 1 aliphatic heterocycles. The van der Waals surface area contributed by atoms with Gasteiger partial charge in [0.05, 0.1) is 13.2 Å². The van der Waals surface area contributed by atoms with E-state index in [1.165, 1.54) is 22.3 Å². The van der Waals surface area contributed by atoms with Crippen LogP contribution in [0.15, 0.2) is 24.3 Å². The number of rotatable bonds is 4. The maximum absolute atomic E-state index is 5.56. The van der Waals surface area contributed by atoms with Crippen LogP contribution in [0, 0.1) is 0 Å². The maximum Gasteiger partial charge on any atom is 0.0731 e. The minimum atomic E-state index is 0.810. The van der Waals surface area contributed by atoms with Gasteiger partial charge in [0.15, 0.2) is 0 Å². The van der Waals surface area contributed by atoms with Crippen LogP contribution in [0.4, 0.5) is 0 Å². The Morgan fingerprint density at radius 2 is 1.50 bits per heavy atom. The number of hydrogen-bond donors (Lipinski definition) is 0. The van der Waals surface area contributed by atoms with E-state index in [4.69, 9.17) is 4.74 Å². The average molecular weight is 234 g/mol. The lowest BCUT2D eigenvalue weighted by Crippen LogP contribution is -1.87. The Balaban J connectivity index is 2.33. The highest BCUT2D eigenvalue weighted by Crippen LogP contribution is 2.39. The summed E-state index contributed by atoms with van der Waals surface area (Å²) in [6, 6.07) is 0. The topological polar surface area (TPSA) is 9.23 Å². The number of fused-ring (bicyclic) bond motifs is 1. The van der Waals surface area contributed by atoms with Crippen molar-refractivity contribution in [2.75, 3.05) is 0 Å². The fourth-order valence-electron chi connectivity index (χ4n) is 2.21. The van der Waals surface area contributed by atoms with E-state index < -0.39 is 0 Å². The fourth-order valence-corrected chi connectivity index (χ4v) is 4.10. The lowest BCUT2D eigenvalue weighted by molar-refractivity contribution is 0.134. The van der Waals surface area contributed by atoms with E-state index in [-0.39, 0.29) is 0 Å². The molecule has 0 saturated carbocycles. The lowest BCUT2D eigenvalue weighted by Gasteiger charge is -2.01. The summed E-state index contributed by atoms with van der Waals surface area (Å²) >= 11 is 0. The van der Waals surface area contributed by atoms with Gasteiger partial charge in [-0.15, -0.1) is 8.19 Å². The van der Waals surface area contributed by atoms with Crippen molar-refractivity contribution in [2.45, 2.75) is 39.9 Å². The van der Waals surface area contributed by atoms with Crippen LogP contribution >= 0.6 is 8.19 Å². The van der Waals surface area contributed by atoms with Gasteiger partial charge in [-0.1, -0.05) is 24.3 Å². The molecule has 1 aromatic heterocycles. The summed E-state index contributed by atoms with van der Waals surface area (Å²) in [6.45, 7) is 13.8. The van der Waals surface area contributed by atoms with Crippen LogP contribution in [0.1, 0.15) is 35.6 Å². The summed E-state index contributed by atoms with van der Waals surface area (Å²) < 4.78 is 5.56. The van der Waals surface area contributed by atoms with Gasteiger partial charge in [-0.25, -0.2) is 0 Å². The summed E-state index contributed by atoms with van der Waals surface area (Å²) in [7, 11) is 0.853. The Hall–Kier alpha value is -0.780. The highest BCUT2D eigenvalue weighted by Gasteiger charge is 2.21. The van der Waals surface area contributed by atoms with E-state index in [1.807, 2.05) is 0 Å². The summed E-state index contributed by atoms with van der Waals surface area (Å²) in [5.74, 6) is 0. The summed E-state index contributed by atoms with van der Waals surface area (Å²) in [5.41, 5.74) is 5.44. The van der Waals surface area contributed by atoms with Crippen molar-refractivity contribution in [3.05, 3.63) is 46.0 Å². The third kappa shape index (κ3) is 2.31. The van der Waals surface area contributed by atoms with Crippen LogP contribution in [0.5, 0.6) is 0 Å². The number of allylic oxidation sites excluding steroid dienone is 2. The molecule has 1 nitrogen and oxygen atoms in total. The third-order valence-electron chi connectivity index (χ3n) is 2.84. The Bertz CT molecular complexity index is 401. The minimum absolute atomic E-state index is 0.810. The molecule has 2 heterocycles. The molecule has 0 saturated heterocycles. The third-order valence-corrected chi connectivity index (χ3v) is 4.41. The van der Waals surface area contributed by atoms with Gasteiger partial charge >= 0.3 is 0 Å². The van der Waals surface area contributed by atoms with E-state index >= 15 is 0 Å². The predicted octanol–water partition coefficient (Wildman–Crippen LogP) is 3.99. The summed E-state index contributed by atoms with van der Waals surface area (Å²) in [6.07, 6.45) is 2.08. The van der Waals surface area contributed by atoms with Crippen molar-refractivity contribution >= 4 is 8.19 Å². The Kier molecular flexibility index (Phi) is 3.37. The van der Waals surface area contributed by atoms with Crippen molar-refractivity contribution in [1.29, 1.82) is 0 Å². The zero-order valence-corrected chi connectivity index (χ0v) is 11.2. The van der Waals surface area contributed by atoms with E-state index in [0.717, 1.165) is 34.2 Å². The maximum atomic E-state index is 5.56. The van der Waals surface area contributed by atoms with E-state index in [1.54, 1.807) is 10.6 Å². The highest BCUT2D eigenvalue weighted by molar-refractivity contribution is 7.32. The van der Waals surface area contributed by atoms with Gasteiger partial charge in [0.1, 0.15) is 0 Å². The Morgan fingerprint density at radius 1 is 1.06 bits per heavy atom. The van der Waals surface area contributed by atoms with E-state index in [2.05, 4.69) is 27.0 Å². The van der Waals surface area contributed by atoms with Crippen molar-refractivity contribution in [1.82, 2.24) is 0 Å². The summed E-state index contributed by atoms with van der Waals surface area (Å²) in [5, 5.41) is 3.10. The van der Waals surface area contributed by atoms with Crippen LogP contribution in [0.3, 0.4) is 0 Å². The molecule has 2 heteroatoms. The van der Waals surface area contributed by atoms with Crippen LogP contribution in [0.2, 0.25) is 0 Å². The monoisotopic (exact) mass is 234 g/mol. The molecule has 0 atom stereocenters. The second-order valence-electron chi connectivity index (χ2n) is 4.80. The first-order chi connectivity index (χ1) is 7.58. The first-order valence-electron chi connectivity index (χ1n) is 5.66. The smallest absolute Gasteiger partial charge is 0.0731 e. The molecule has 0 N–H and O–H groups in total. The van der Waals surface area contributed by atoms with Gasteiger partial charge in [0.25, 0.3) is 0 Å². The molecule has 0 radical (unpaired) electrons. The zero-order chi connectivity index (χ0) is 11.7. The zero-order valence-electron chi connectivity index (χ0n) is 10.2. The molecule has 86 valence electrons. The van der Waals surface area contributed by atoms with Crippen molar-refractivity contribution in [3.8, 4) is 0 Å². The van der Waals surface area contributed by atoms with Crippen molar-refractivity contribution in [2.24, 2.45) is 0 Å². The van der Waals surface area contributed by atoms with Crippen LogP contribution in [0.25, 0.3) is 0 Å². The number of ether oxygens (including phenoxy) is 1. The molecule has 1 aromatic rings. The van der Waals surface area contributed by atoms with Crippen molar-refractivity contribution in [3.63, 3.8) is 0 Å². The average Bonchev–Trinajstić information content (AvgIpc) is 2.70. The van der Waals surface area contributed by atoms with Gasteiger partial charge in [0, 0.05) is 0 Å². The normalized spacial score (nSPS) is 13.9. The van der Waals surface area contributed by atoms with Crippen LogP contribution in [-0.4, -0.2) is 0 Å². The predicted molar refractivity (Wildman–Crippen MR) is 71.5 cm³/mol. The van der Waals surface area contributed by atoms with Gasteiger partial charge in [-0.05, 0) is 48.4 Å². The summed E-state index contributed by atoms with van der Waals surface area (Å²) in [4.78, 5) is 0. The molecule has 0 amide bonds. The minimum Gasteiger partial charge on any atom is -0.372 e. The largest absolute Gasteiger partial charge is 0.372 e. The lowest BCUT2D eigenvalue weighted by atomic mass is 10.1. The second-order valence-corrected chi connectivity index (χ2v) is 6.26. The van der Waals surface area contributed by atoms with E-state index in [0.29, 0.717) is 0 Å². The molecule has 0 aromatic carbocycles. The second kappa shape index (κ2) is 4.61. The molecule has 0 spiro atoms. The highest BCUT2D eigenvalue weighted by atomic mass is 31.0. The molecule has 0 fully saturated rings. The van der Waals surface area contributed by atoms with Crippen molar-refractivity contribution < 1.29 is 4.74 Å². The number of hydrogen-bond acceptors (Lipinski definition) is 1. The molecule has 2 rings (SSSR count). The Morgan fingerprint density at radius 3 is 1.88 bits per heavy atom. The van der Waals surface area contributed by atoms with Crippen LogP contribution < -0.4 is 0 Å².